The number of hydroxylamine groups is 1. The minimum atomic E-state index is -0.790. The first-order valence-corrected chi connectivity index (χ1v) is 8.57. The van der Waals surface area contributed by atoms with E-state index in [0.717, 1.165) is 4.57 Å². The van der Waals surface area contributed by atoms with Gasteiger partial charge in [-0.3, -0.25) is 25.2 Å². The number of aromatic nitrogens is 3. The topological polar surface area (TPSA) is 109 Å². The van der Waals surface area contributed by atoms with Gasteiger partial charge in [0.2, 0.25) is 0 Å². The Morgan fingerprint density at radius 2 is 2.25 bits per heavy atom. The first-order valence-electron chi connectivity index (χ1n) is 8.57. The Hall–Kier alpha value is -3.59. The van der Waals surface area contributed by atoms with Crippen molar-refractivity contribution in [2.75, 3.05) is 0 Å². The number of hydrogen-bond donors (Lipinski definition) is 3. The Labute approximate surface area is 158 Å². The third-order valence-corrected chi connectivity index (χ3v) is 4.41. The summed E-state index contributed by atoms with van der Waals surface area (Å²) in [5.74, 6) is -0.501. The van der Waals surface area contributed by atoms with E-state index in [0.29, 0.717) is 22.2 Å². The normalized spacial score (nSPS) is 16.1. The van der Waals surface area contributed by atoms with Gasteiger partial charge in [0.05, 0.1) is 23.5 Å². The number of hydrogen-bond acceptors (Lipinski definition) is 6. The van der Waals surface area contributed by atoms with Gasteiger partial charge >= 0.3 is 0 Å². The second-order valence-corrected chi connectivity index (χ2v) is 6.47. The number of nitrogens with zero attached hydrogens (tertiary/aromatic N) is 3. The van der Waals surface area contributed by atoms with Crippen LogP contribution in [0.15, 0.2) is 53.7 Å². The lowest BCUT2D eigenvalue weighted by atomic mass is 10.2. The van der Waals surface area contributed by atoms with Gasteiger partial charge < -0.3 is 9.40 Å². The van der Waals surface area contributed by atoms with Crippen LogP contribution in [0.2, 0.25) is 0 Å². The summed E-state index contributed by atoms with van der Waals surface area (Å²) in [6.07, 6.45) is 6.35. The minimum absolute atomic E-state index is 0.0357. The zero-order valence-electron chi connectivity index (χ0n) is 14.9. The standard InChI is InChI=1S/C19H17FN6O2/c1-11-7-16(28-24-11)12-8-14(20)18(22)26(9-12)17(21)10-25-6-4-15-13(19(25)27)3-2-5-23-15/h2-9,11,21-22,24H,10H2,1H3. The molecule has 0 amide bonds. The van der Waals surface area contributed by atoms with E-state index in [1.165, 1.54) is 23.0 Å². The highest BCUT2D eigenvalue weighted by Crippen LogP contribution is 2.19. The summed E-state index contributed by atoms with van der Waals surface area (Å²) in [4.78, 5) is 22.1. The van der Waals surface area contributed by atoms with Crippen LogP contribution in [-0.4, -0.2) is 26.0 Å². The zero-order chi connectivity index (χ0) is 19.8. The Morgan fingerprint density at radius 1 is 1.43 bits per heavy atom. The SMILES string of the molecule is CC1C=C(c2cc(F)c(=N)n(C(=N)Cn3ccc4ncccc4c3=O)c2)ON1. The second-order valence-electron chi connectivity index (χ2n) is 6.47. The summed E-state index contributed by atoms with van der Waals surface area (Å²) in [6.45, 7) is 1.75. The van der Waals surface area contributed by atoms with E-state index < -0.39 is 11.3 Å². The molecule has 0 spiro atoms. The molecule has 0 saturated heterocycles. The molecule has 8 nitrogen and oxygen atoms in total. The third kappa shape index (κ3) is 3.12. The van der Waals surface area contributed by atoms with Crippen molar-refractivity contribution in [2.24, 2.45) is 0 Å². The van der Waals surface area contributed by atoms with Crippen LogP contribution in [0.25, 0.3) is 16.7 Å². The molecular weight excluding hydrogens is 363 g/mol. The van der Waals surface area contributed by atoms with Crippen LogP contribution in [-0.2, 0) is 11.4 Å². The summed E-state index contributed by atoms with van der Waals surface area (Å²) >= 11 is 0. The maximum Gasteiger partial charge on any atom is 0.260 e. The molecule has 28 heavy (non-hydrogen) atoms. The van der Waals surface area contributed by atoms with Crippen LogP contribution in [0.1, 0.15) is 12.5 Å². The van der Waals surface area contributed by atoms with Crippen LogP contribution < -0.4 is 16.5 Å². The molecule has 4 rings (SSSR count). The maximum atomic E-state index is 14.3. The first kappa shape index (κ1) is 17.8. The number of pyridine rings is 3. The molecule has 3 aromatic heterocycles. The summed E-state index contributed by atoms with van der Waals surface area (Å²) < 4.78 is 16.7. The molecule has 0 aliphatic carbocycles. The van der Waals surface area contributed by atoms with Crippen molar-refractivity contribution in [3.63, 3.8) is 0 Å². The van der Waals surface area contributed by atoms with Crippen molar-refractivity contribution in [3.8, 4) is 0 Å². The second kappa shape index (κ2) is 6.86. The van der Waals surface area contributed by atoms with E-state index >= 15 is 0 Å². The lowest BCUT2D eigenvalue weighted by Crippen LogP contribution is -2.34. The average Bonchev–Trinajstić information content (AvgIpc) is 3.12. The van der Waals surface area contributed by atoms with Crippen LogP contribution in [0.5, 0.6) is 0 Å². The van der Waals surface area contributed by atoms with Gasteiger partial charge in [0.15, 0.2) is 17.1 Å². The molecule has 0 bridgehead atoms. The van der Waals surface area contributed by atoms with Gasteiger partial charge in [0, 0.05) is 24.2 Å². The quantitative estimate of drug-likeness (QED) is 0.474. The van der Waals surface area contributed by atoms with Crippen LogP contribution >= 0.6 is 0 Å². The predicted molar refractivity (Wildman–Crippen MR) is 101 cm³/mol. The molecule has 0 aromatic carbocycles. The van der Waals surface area contributed by atoms with Gasteiger partial charge in [-0.05, 0) is 37.3 Å². The molecular formula is C19H17FN6O2. The van der Waals surface area contributed by atoms with Crippen molar-refractivity contribution >= 4 is 22.5 Å². The lowest BCUT2D eigenvalue weighted by Gasteiger charge is -2.13. The molecule has 1 aliphatic heterocycles. The molecule has 0 saturated carbocycles. The molecule has 0 radical (unpaired) electrons. The zero-order valence-corrected chi connectivity index (χ0v) is 14.9. The third-order valence-electron chi connectivity index (χ3n) is 4.41. The summed E-state index contributed by atoms with van der Waals surface area (Å²) in [5.41, 5.74) is 2.92. The maximum absolute atomic E-state index is 14.3. The number of rotatable bonds is 3. The molecule has 1 unspecified atom stereocenters. The van der Waals surface area contributed by atoms with Gasteiger partial charge in [-0.2, -0.15) is 0 Å². The fourth-order valence-electron chi connectivity index (χ4n) is 2.99. The molecule has 0 fully saturated rings. The van der Waals surface area contributed by atoms with Crippen molar-refractivity contribution in [1.82, 2.24) is 19.6 Å². The fourth-order valence-corrected chi connectivity index (χ4v) is 2.99. The minimum Gasteiger partial charge on any atom is -0.408 e. The Morgan fingerprint density at radius 3 is 3.00 bits per heavy atom. The van der Waals surface area contributed by atoms with Crippen molar-refractivity contribution in [1.29, 1.82) is 10.8 Å². The summed E-state index contributed by atoms with van der Waals surface area (Å²) in [7, 11) is 0. The van der Waals surface area contributed by atoms with E-state index in [1.54, 1.807) is 30.5 Å². The van der Waals surface area contributed by atoms with Crippen molar-refractivity contribution in [2.45, 2.75) is 19.5 Å². The number of fused-ring (bicyclic) bond motifs is 1. The highest BCUT2D eigenvalue weighted by molar-refractivity contribution is 5.83. The molecule has 3 aromatic rings. The van der Waals surface area contributed by atoms with Gasteiger partial charge in [-0.25, -0.2) is 4.39 Å². The van der Waals surface area contributed by atoms with Gasteiger partial charge in [0.25, 0.3) is 5.56 Å². The first-order chi connectivity index (χ1) is 13.4. The summed E-state index contributed by atoms with van der Waals surface area (Å²) in [5, 5.41) is 16.7. The fraction of sp³-hybridized carbons (Fsp3) is 0.158. The molecule has 3 N–H and O–H groups in total. The van der Waals surface area contributed by atoms with Gasteiger partial charge in [-0.15, -0.1) is 5.48 Å². The van der Waals surface area contributed by atoms with Crippen LogP contribution in [0.3, 0.4) is 0 Å². The van der Waals surface area contributed by atoms with E-state index in [4.69, 9.17) is 15.7 Å². The van der Waals surface area contributed by atoms with Crippen LogP contribution in [0, 0.1) is 16.6 Å². The highest BCUT2D eigenvalue weighted by Gasteiger charge is 2.18. The number of halogens is 1. The van der Waals surface area contributed by atoms with E-state index in [2.05, 4.69) is 10.5 Å². The molecule has 9 heteroatoms. The lowest BCUT2D eigenvalue weighted by molar-refractivity contribution is 0.167. The molecule has 1 aliphatic rings. The molecule has 1 atom stereocenters. The van der Waals surface area contributed by atoms with Crippen LogP contribution in [0.4, 0.5) is 4.39 Å². The van der Waals surface area contributed by atoms with E-state index in [9.17, 15) is 9.18 Å². The van der Waals surface area contributed by atoms with Gasteiger partial charge in [-0.1, -0.05) is 0 Å². The smallest absolute Gasteiger partial charge is 0.260 e. The average molecular weight is 380 g/mol. The van der Waals surface area contributed by atoms with Gasteiger partial charge in [0.1, 0.15) is 5.84 Å². The number of nitrogens with one attached hydrogen (secondary N) is 3. The Kier molecular flexibility index (Phi) is 4.36. The molecule has 142 valence electrons. The van der Waals surface area contributed by atoms with E-state index in [-0.39, 0.29) is 24.0 Å². The summed E-state index contributed by atoms with van der Waals surface area (Å²) in [6, 6.07) is 6.15. The van der Waals surface area contributed by atoms with E-state index in [1.807, 2.05) is 6.92 Å². The highest BCUT2D eigenvalue weighted by atomic mass is 19.1. The van der Waals surface area contributed by atoms with Crippen molar-refractivity contribution in [3.05, 3.63) is 76.2 Å². The monoisotopic (exact) mass is 380 g/mol. The Balaban J connectivity index is 1.72. The largest absolute Gasteiger partial charge is 0.408 e. The Bertz CT molecular complexity index is 1240. The predicted octanol–water partition coefficient (Wildman–Crippen LogP) is 1.61. The van der Waals surface area contributed by atoms with Crippen molar-refractivity contribution < 1.29 is 9.23 Å². The molecule has 4 heterocycles.